The van der Waals surface area contributed by atoms with E-state index in [1.165, 1.54) is 10.4 Å². The summed E-state index contributed by atoms with van der Waals surface area (Å²) in [7, 11) is 3.48. The molecule has 0 bridgehead atoms. The Morgan fingerprint density at radius 3 is 2.48 bits per heavy atom. The lowest BCUT2D eigenvalue weighted by atomic mass is 10.1. The van der Waals surface area contributed by atoms with Crippen LogP contribution >= 0.6 is 35.3 Å². The fourth-order valence-electron chi connectivity index (χ4n) is 2.29. The Labute approximate surface area is 171 Å². The summed E-state index contributed by atoms with van der Waals surface area (Å²) in [6.07, 6.45) is 2.07. The molecule has 25 heavy (non-hydrogen) atoms. The summed E-state index contributed by atoms with van der Waals surface area (Å²) in [6, 6.07) is 8.22. The van der Waals surface area contributed by atoms with Gasteiger partial charge in [-0.05, 0) is 44.4 Å². The third-order valence-electron chi connectivity index (χ3n) is 3.80. The maximum Gasteiger partial charge on any atom is 0.191 e. The first-order valence-electron chi connectivity index (χ1n) is 8.12. The van der Waals surface area contributed by atoms with Gasteiger partial charge in [-0.25, -0.2) is 4.98 Å². The second-order valence-electron chi connectivity index (χ2n) is 5.55. The zero-order chi connectivity index (χ0) is 17.4. The van der Waals surface area contributed by atoms with Gasteiger partial charge in [-0.15, -0.1) is 35.3 Å². The van der Waals surface area contributed by atoms with E-state index in [1.807, 2.05) is 19.1 Å². The number of hydrogen-bond donors (Lipinski definition) is 2. The Kier molecular flexibility index (Phi) is 9.81. The smallest absolute Gasteiger partial charge is 0.191 e. The minimum atomic E-state index is 0. The van der Waals surface area contributed by atoms with Crippen LogP contribution in [0.3, 0.4) is 0 Å². The molecule has 0 saturated heterocycles. The predicted octanol–water partition coefficient (Wildman–Crippen LogP) is 3.68. The van der Waals surface area contributed by atoms with Crippen molar-refractivity contribution in [3.8, 4) is 5.75 Å². The van der Waals surface area contributed by atoms with Crippen LogP contribution in [0.25, 0.3) is 0 Å². The molecule has 0 fully saturated rings. The van der Waals surface area contributed by atoms with Crippen LogP contribution in [0.5, 0.6) is 5.75 Å². The lowest BCUT2D eigenvalue weighted by molar-refractivity contribution is 0.414. The van der Waals surface area contributed by atoms with E-state index in [-0.39, 0.29) is 24.0 Å². The van der Waals surface area contributed by atoms with Gasteiger partial charge in [0.15, 0.2) is 5.96 Å². The Morgan fingerprint density at radius 1 is 1.20 bits per heavy atom. The number of ether oxygens (including phenoxy) is 1. The van der Waals surface area contributed by atoms with Crippen LogP contribution in [0.15, 0.2) is 29.3 Å². The zero-order valence-corrected chi connectivity index (χ0v) is 18.4. The lowest BCUT2D eigenvalue weighted by Crippen LogP contribution is -2.37. The van der Waals surface area contributed by atoms with E-state index in [0.717, 1.165) is 41.8 Å². The molecule has 5 nitrogen and oxygen atoms in total. The van der Waals surface area contributed by atoms with E-state index in [2.05, 4.69) is 39.7 Å². The Morgan fingerprint density at radius 2 is 1.92 bits per heavy atom. The van der Waals surface area contributed by atoms with E-state index in [4.69, 9.17) is 4.74 Å². The quantitative estimate of drug-likeness (QED) is 0.278. The highest BCUT2D eigenvalue weighted by Crippen LogP contribution is 2.16. The molecule has 0 radical (unpaired) electrons. The van der Waals surface area contributed by atoms with Crippen LogP contribution in [0.1, 0.15) is 27.6 Å². The third kappa shape index (κ3) is 7.19. The van der Waals surface area contributed by atoms with Crippen molar-refractivity contribution in [3.63, 3.8) is 0 Å². The fraction of sp³-hybridized carbons (Fsp3) is 0.444. The van der Waals surface area contributed by atoms with Crippen LogP contribution < -0.4 is 15.4 Å². The third-order valence-corrected chi connectivity index (χ3v) is 4.87. The minimum Gasteiger partial charge on any atom is -0.497 e. The molecule has 0 aliphatic heterocycles. The number of guanidine groups is 1. The van der Waals surface area contributed by atoms with Gasteiger partial charge in [0, 0.05) is 18.5 Å². The second-order valence-corrected chi connectivity index (χ2v) is 6.84. The van der Waals surface area contributed by atoms with E-state index in [0.29, 0.717) is 6.54 Å². The maximum atomic E-state index is 5.17. The van der Waals surface area contributed by atoms with Crippen LogP contribution in [-0.4, -0.2) is 31.6 Å². The van der Waals surface area contributed by atoms with Crippen molar-refractivity contribution < 1.29 is 4.74 Å². The van der Waals surface area contributed by atoms with Crippen LogP contribution in [0, 0.1) is 13.8 Å². The summed E-state index contributed by atoms with van der Waals surface area (Å²) in [5.74, 6) is 1.71. The van der Waals surface area contributed by atoms with Gasteiger partial charge in [0.05, 0.1) is 19.3 Å². The summed E-state index contributed by atoms with van der Waals surface area (Å²) in [5.41, 5.74) is 2.42. The van der Waals surface area contributed by atoms with Gasteiger partial charge >= 0.3 is 0 Å². The van der Waals surface area contributed by atoms with Gasteiger partial charge in [0.25, 0.3) is 0 Å². The number of aryl methyl sites for hydroxylation is 3. The molecule has 0 spiro atoms. The number of aromatic nitrogens is 1. The first-order chi connectivity index (χ1) is 11.6. The van der Waals surface area contributed by atoms with E-state index < -0.39 is 0 Å². The summed E-state index contributed by atoms with van der Waals surface area (Å²) < 4.78 is 5.17. The Balaban J connectivity index is 0.00000312. The van der Waals surface area contributed by atoms with Crippen molar-refractivity contribution in [1.29, 1.82) is 0 Å². The van der Waals surface area contributed by atoms with E-state index in [1.54, 1.807) is 25.5 Å². The molecule has 138 valence electrons. The highest BCUT2D eigenvalue weighted by atomic mass is 127. The van der Waals surface area contributed by atoms with Crippen LogP contribution in [0.4, 0.5) is 0 Å². The van der Waals surface area contributed by atoms with Crippen molar-refractivity contribution in [1.82, 2.24) is 15.6 Å². The van der Waals surface area contributed by atoms with Crippen molar-refractivity contribution in [3.05, 3.63) is 45.4 Å². The number of benzene rings is 1. The molecule has 0 atom stereocenters. The van der Waals surface area contributed by atoms with Gasteiger partial charge in [0.2, 0.25) is 0 Å². The summed E-state index contributed by atoms with van der Waals surface area (Å²) >= 11 is 1.73. The maximum absolute atomic E-state index is 5.17. The van der Waals surface area contributed by atoms with Gasteiger partial charge in [0.1, 0.15) is 10.8 Å². The van der Waals surface area contributed by atoms with Crippen LogP contribution in [-0.2, 0) is 13.0 Å². The Bertz CT molecular complexity index is 651. The van der Waals surface area contributed by atoms with E-state index >= 15 is 0 Å². The van der Waals surface area contributed by atoms with Crippen molar-refractivity contribution in [2.75, 3.05) is 20.7 Å². The zero-order valence-electron chi connectivity index (χ0n) is 15.3. The molecular weight excluding hydrogens is 447 g/mol. The van der Waals surface area contributed by atoms with Gasteiger partial charge < -0.3 is 15.4 Å². The minimum absolute atomic E-state index is 0. The van der Waals surface area contributed by atoms with E-state index in [9.17, 15) is 0 Å². The first kappa shape index (κ1) is 21.7. The number of rotatable bonds is 7. The van der Waals surface area contributed by atoms with Crippen molar-refractivity contribution in [2.45, 2.75) is 33.2 Å². The lowest BCUT2D eigenvalue weighted by Gasteiger charge is -2.11. The monoisotopic (exact) mass is 474 g/mol. The number of methoxy groups -OCH3 is 1. The summed E-state index contributed by atoms with van der Waals surface area (Å²) in [5, 5.41) is 7.74. The molecule has 0 aliphatic carbocycles. The topological polar surface area (TPSA) is 58.5 Å². The Hall–Kier alpha value is -1.35. The predicted molar refractivity (Wildman–Crippen MR) is 117 cm³/mol. The molecule has 0 amide bonds. The molecule has 2 rings (SSSR count). The number of aliphatic imine (C=N–C) groups is 1. The summed E-state index contributed by atoms with van der Waals surface area (Å²) in [4.78, 5) is 10.1. The van der Waals surface area contributed by atoms with Gasteiger partial charge in [-0.2, -0.15) is 0 Å². The highest BCUT2D eigenvalue weighted by Gasteiger charge is 2.04. The molecule has 7 heteroatoms. The molecule has 0 saturated carbocycles. The normalized spacial score (nSPS) is 11.0. The standard InChI is InChI=1S/C18H26N4OS.HI/c1-13-14(2)24-17(22-13)12-21-18(19-3)20-11-5-6-15-7-9-16(23-4)10-8-15;/h7-10H,5-6,11-12H2,1-4H3,(H2,19,20,21);1H. The molecule has 1 aromatic heterocycles. The largest absolute Gasteiger partial charge is 0.497 e. The molecule has 1 heterocycles. The van der Waals surface area contributed by atoms with Crippen LogP contribution in [0.2, 0.25) is 0 Å². The van der Waals surface area contributed by atoms with Crippen molar-refractivity contribution >= 4 is 41.3 Å². The first-order valence-corrected chi connectivity index (χ1v) is 8.94. The SMILES string of the molecule is CN=C(NCCCc1ccc(OC)cc1)NCc1nc(C)c(C)s1.I. The number of halogens is 1. The number of thiazole rings is 1. The molecule has 0 aliphatic rings. The molecular formula is C18H27IN4OS. The second kappa shape index (κ2) is 11.3. The average molecular weight is 474 g/mol. The molecule has 0 unspecified atom stereocenters. The molecule has 1 aromatic carbocycles. The molecule has 2 aromatic rings. The highest BCUT2D eigenvalue weighted by molar-refractivity contribution is 14.0. The van der Waals surface area contributed by atoms with Gasteiger partial charge in [-0.3, -0.25) is 4.99 Å². The van der Waals surface area contributed by atoms with Gasteiger partial charge in [-0.1, -0.05) is 12.1 Å². The van der Waals surface area contributed by atoms with Crippen molar-refractivity contribution in [2.24, 2.45) is 4.99 Å². The molecule has 2 N–H and O–H groups in total. The number of nitrogens with zero attached hydrogens (tertiary/aromatic N) is 2. The number of nitrogens with one attached hydrogen (secondary N) is 2. The summed E-state index contributed by atoms with van der Waals surface area (Å²) in [6.45, 7) is 5.73. The number of hydrogen-bond acceptors (Lipinski definition) is 4. The average Bonchev–Trinajstić information content (AvgIpc) is 2.93. The fourth-order valence-corrected chi connectivity index (χ4v) is 3.16.